The smallest absolute Gasteiger partial charge is 0.340 e. The fourth-order valence-electron chi connectivity index (χ4n) is 3.37. The summed E-state index contributed by atoms with van der Waals surface area (Å²) in [6, 6.07) is 11.3. The van der Waals surface area contributed by atoms with Crippen LogP contribution in [0, 0.1) is 0 Å². The molecule has 0 saturated carbocycles. The zero-order chi connectivity index (χ0) is 19.6. The normalized spacial score (nSPS) is 12.5. The number of rotatable bonds is 7. The lowest BCUT2D eigenvalue weighted by atomic mass is 10.1. The molecule has 3 rings (SSSR count). The average molecular weight is 368 g/mol. The van der Waals surface area contributed by atoms with E-state index in [0.717, 1.165) is 16.4 Å². The highest BCUT2D eigenvalue weighted by atomic mass is 16.5. The second kappa shape index (κ2) is 7.80. The third-order valence-electron chi connectivity index (χ3n) is 4.39. The number of methoxy groups -OCH3 is 1. The summed E-state index contributed by atoms with van der Waals surface area (Å²) in [4.78, 5) is 25.9. The lowest BCUT2D eigenvalue weighted by Gasteiger charge is -2.21. The van der Waals surface area contributed by atoms with Crippen molar-refractivity contribution in [1.29, 1.82) is 0 Å². The first-order valence-corrected chi connectivity index (χ1v) is 8.82. The molecule has 0 saturated heterocycles. The molecule has 0 N–H and O–H groups in total. The van der Waals surface area contributed by atoms with Crippen molar-refractivity contribution in [2.24, 2.45) is 0 Å². The van der Waals surface area contributed by atoms with Gasteiger partial charge in [-0.3, -0.25) is 4.79 Å². The molecule has 2 aromatic heterocycles. The third-order valence-corrected chi connectivity index (χ3v) is 4.39. The van der Waals surface area contributed by atoms with Crippen LogP contribution in [0.15, 0.2) is 42.6 Å². The van der Waals surface area contributed by atoms with Gasteiger partial charge in [0.25, 0.3) is 0 Å². The van der Waals surface area contributed by atoms with Gasteiger partial charge in [0.2, 0.25) is 0 Å². The maximum absolute atomic E-state index is 12.3. The number of hydrogen-bond acceptors (Lipinski definition) is 5. The Bertz CT molecular complexity index is 990. The molecule has 0 aliphatic carbocycles. The number of carbonyl (C=O) groups excluding carboxylic acids is 2. The van der Waals surface area contributed by atoms with Crippen LogP contribution in [0.2, 0.25) is 0 Å². The molecule has 0 aliphatic heterocycles. The molecular weight excluding hydrogens is 344 g/mol. The standard InChI is InChI=1S/C21H24N2O4/c1-14(24)11-16(13-22(2)3)27-15-8-9-17-19(12-15)23-10-6-5-7-18(23)20(17)21(25)26-4/h5-10,12,16H,11,13H2,1-4H3. The molecule has 27 heavy (non-hydrogen) atoms. The van der Waals surface area contributed by atoms with E-state index in [1.165, 1.54) is 7.11 Å². The quantitative estimate of drug-likeness (QED) is 0.600. The summed E-state index contributed by atoms with van der Waals surface area (Å²) in [6.45, 7) is 2.21. The largest absolute Gasteiger partial charge is 0.489 e. The molecule has 1 aromatic carbocycles. The Balaban J connectivity index is 2.05. The fourth-order valence-corrected chi connectivity index (χ4v) is 3.37. The molecule has 6 heteroatoms. The van der Waals surface area contributed by atoms with Gasteiger partial charge in [-0.15, -0.1) is 0 Å². The zero-order valence-corrected chi connectivity index (χ0v) is 16.1. The van der Waals surface area contributed by atoms with Gasteiger partial charge in [-0.2, -0.15) is 0 Å². The van der Waals surface area contributed by atoms with E-state index in [9.17, 15) is 9.59 Å². The highest BCUT2D eigenvalue weighted by molar-refractivity contribution is 6.11. The molecule has 1 unspecified atom stereocenters. The van der Waals surface area contributed by atoms with Crippen molar-refractivity contribution >= 4 is 28.2 Å². The van der Waals surface area contributed by atoms with E-state index in [-0.39, 0.29) is 17.9 Å². The number of benzene rings is 1. The zero-order valence-electron chi connectivity index (χ0n) is 16.1. The summed E-state index contributed by atoms with van der Waals surface area (Å²) in [7, 11) is 5.28. The van der Waals surface area contributed by atoms with Gasteiger partial charge in [0, 0.05) is 30.6 Å². The maximum Gasteiger partial charge on any atom is 0.340 e. The van der Waals surface area contributed by atoms with Gasteiger partial charge < -0.3 is 18.8 Å². The summed E-state index contributed by atoms with van der Waals surface area (Å²) in [5.41, 5.74) is 2.17. The lowest BCUT2D eigenvalue weighted by molar-refractivity contribution is -0.118. The Hall–Kier alpha value is -2.86. The number of hydrogen-bond donors (Lipinski definition) is 0. The topological polar surface area (TPSA) is 60.2 Å². The molecule has 142 valence electrons. The number of pyridine rings is 1. The lowest BCUT2D eigenvalue weighted by Crippen LogP contribution is -2.32. The maximum atomic E-state index is 12.3. The summed E-state index contributed by atoms with van der Waals surface area (Å²) in [6.07, 6.45) is 2.01. The van der Waals surface area contributed by atoms with E-state index in [2.05, 4.69) is 0 Å². The Morgan fingerprint density at radius 2 is 1.93 bits per heavy atom. The van der Waals surface area contributed by atoms with Crippen molar-refractivity contribution in [3.63, 3.8) is 0 Å². The number of carbonyl (C=O) groups is 2. The van der Waals surface area contributed by atoms with Gasteiger partial charge in [-0.05, 0) is 45.3 Å². The minimum Gasteiger partial charge on any atom is -0.489 e. The van der Waals surface area contributed by atoms with Crippen LogP contribution in [0.25, 0.3) is 16.4 Å². The van der Waals surface area contributed by atoms with Gasteiger partial charge in [0.15, 0.2) is 0 Å². The second-order valence-corrected chi connectivity index (χ2v) is 6.91. The molecule has 0 fully saturated rings. The predicted octanol–water partition coefficient (Wildman–Crippen LogP) is 3.17. The number of esters is 1. The van der Waals surface area contributed by atoms with E-state index in [1.807, 2.05) is 66.0 Å². The van der Waals surface area contributed by atoms with Crippen molar-refractivity contribution in [2.75, 3.05) is 27.7 Å². The Labute approximate surface area is 158 Å². The van der Waals surface area contributed by atoms with E-state index in [4.69, 9.17) is 9.47 Å². The van der Waals surface area contributed by atoms with Crippen molar-refractivity contribution in [1.82, 2.24) is 9.30 Å². The van der Waals surface area contributed by atoms with Crippen LogP contribution >= 0.6 is 0 Å². The summed E-state index contributed by atoms with van der Waals surface area (Å²) in [5.74, 6) is 0.378. The van der Waals surface area contributed by atoms with Gasteiger partial charge >= 0.3 is 5.97 Å². The molecule has 6 nitrogen and oxygen atoms in total. The SMILES string of the molecule is COC(=O)c1c2ccc(OC(CC(C)=O)CN(C)C)cc2n2ccccc12. The number of likely N-dealkylation sites (N-methyl/N-ethyl adjacent to an activating group) is 1. The van der Waals surface area contributed by atoms with E-state index in [1.54, 1.807) is 6.92 Å². The number of ether oxygens (including phenoxy) is 2. The van der Waals surface area contributed by atoms with Crippen molar-refractivity contribution in [3.8, 4) is 5.75 Å². The molecular formula is C21H24N2O4. The van der Waals surface area contributed by atoms with Crippen LogP contribution in [-0.2, 0) is 9.53 Å². The number of fused-ring (bicyclic) bond motifs is 3. The highest BCUT2D eigenvalue weighted by Gasteiger charge is 2.20. The van der Waals surface area contributed by atoms with Crippen molar-refractivity contribution < 1.29 is 19.1 Å². The third kappa shape index (κ3) is 3.95. The van der Waals surface area contributed by atoms with Crippen molar-refractivity contribution in [2.45, 2.75) is 19.4 Å². The first-order chi connectivity index (χ1) is 12.9. The van der Waals surface area contributed by atoms with Gasteiger partial charge in [0.05, 0.1) is 23.7 Å². The fraction of sp³-hybridized carbons (Fsp3) is 0.333. The van der Waals surface area contributed by atoms with Crippen molar-refractivity contribution in [3.05, 3.63) is 48.2 Å². The second-order valence-electron chi connectivity index (χ2n) is 6.91. The molecule has 0 spiro atoms. The molecule has 0 aliphatic rings. The molecule has 0 amide bonds. The minimum absolute atomic E-state index is 0.0871. The Morgan fingerprint density at radius 1 is 1.15 bits per heavy atom. The van der Waals surface area contributed by atoms with Gasteiger partial charge in [-0.1, -0.05) is 6.07 Å². The number of Topliss-reactive ketones (excluding diaryl/α,β-unsaturated/α-hetero) is 1. The first-order valence-electron chi connectivity index (χ1n) is 8.82. The van der Waals surface area contributed by atoms with Gasteiger partial charge in [0.1, 0.15) is 17.6 Å². The van der Waals surface area contributed by atoms with Crippen LogP contribution in [0.5, 0.6) is 5.75 Å². The number of aromatic nitrogens is 1. The van der Waals surface area contributed by atoms with E-state index >= 15 is 0 Å². The highest BCUT2D eigenvalue weighted by Crippen LogP contribution is 2.30. The molecule has 3 aromatic rings. The van der Waals surface area contributed by atoms with Crippen LogP contribution in [0.1, 0.15) is 23.7 Å². The molecule has 0 bridgehead atoms. The Morgan fingerprint density at radius 3 is 2.59 bits per heavy atom. The molecule has 1 atom stereocenters. The van der Waals surface area contributed by atoms with E-state index < -0.39 is 0 Å². The monoisotopic (exact) mass is 368 g/mol. The minimum atomic E-state index is -0.371. The number of nitrogens with zero attached hydrogens (tertiary/aromatic N) is 2. The summed E-state index contributed by atoms with van der Waals surface area (Å²) in [5, 5.41) is 0.802. The van der Waals surface area contributed by atoms with Crippen LogP contribution in [0.4, 0.5) is 0 Å². The summed E-state index contributed by atoms with van der Waals surface area (Å²) < 4.78 is 13.0. The Kier molecular flexibility index (Phi) is 5.46. The summed E-state index contributed by atoms with van der Waals surface area (Å²) >= 11 is 0. The number of ketones is 1. The first kappa shape index (κ1) is 18.9. The van der Waals surface area contributed by atoms with Gasteiger partial charge in [-0.25, -0.2) is 4.79 Å². The predicted molar refractivity (Wildman–Crippen MR) is 105 cm³/mol. The van der Waals surface area contributed by atoms with Crippen LogP contribution in [0.3, 0.4) is 0 Å². The van der Waals surface area contributed by atoms with Crippen LogP contribution in [-0.4, -0.2) is 54.9 Å². The molecule has 0 radical (unpaired) electrons. The van der Waals surface area contributed by atoms with Crippen LogP contribution < -0.4 is 4.74 Å². The molecule has 2 heterocycles. The van der Waals surface area contributed by atoms with E-state index in [0.29, 0.717) is 24.3 Å². The average Bonchev–Trinajstić information content (AvgIpc) is 2.94.